The van der Waals surface area contributed by atoms with Gasteiger partial charge in [0, 0.05) is 5.69 Å². The van der Waals surface area contributed by atoms with Crippen molar-refractivity contribution in [1.29, 1.82) is 0 Å². The van der Waals surface area contributed by atoms with Crippen molar-refractivity contribution < 1.29 is 14.7 Å². The van der Waals surface area contributed by atoms with Gasteiger partial charge in [0.15, 0.2) is 0 Å². The molecule has 1 aromatic carbocycles. The Kier molecular flexibility index (Phi) is 5.16. The van der Waals surface area contributed by atoms with Crippen LogP contribution in [0.4, 0.5) is 5.69 Å². The second-order valence-corrected chi connectivity index (χ2v) is 5.48. The van der Waals surface area contributed by atoms with E-state index in [4.69, 9.17) is 5.11 Å². The van der Waals surface area contributed by atoms with Crippen LogP contribution in [-0.2, 0) is 16.0 Å². The molecule has 1 saturated carbocycles. The molecule has 0 spiro atoms. The molecular weight excluding hydrogens is 254 g/mol. The molecule has 4 nitrogen and oxygen atoms in total. The number of anilines is 1. The van der Waals surface area contributed by atoms with Gasteiger partial charge in [0.25, 0.3) is 0 Å². The highest BCUT2D eigenvalue weighted by Crippen LogP contribution is 2.29. The van der Waals surface area contributed by atoms with Gasteiger partial charge in [0.05, 0.1) is 0 Å². The number of carboxylic acids is 1. The van der Waals surface area contributed by atoms with Gasteiger partial charge in [-0.3, -0.25) is 9.59 Å². The molecule has 1 fully saturated rings. The number of carbonyl (C=O) groups excluding carboxylic acids is 1. The van der Waals surface area contributed by atoms with Crippen LogP contribution in [-0.4, -0.2) is 17.0 Å². The van der Waals surface area contributed by atoms with Crippen LogP contribution in [0.5, 0.6) is 0 Å². The van der Waals surface area contributed by atoms with Crippen molar-refractivity contribution in [3.63, 3.8) is 0 Å². The van der Waals surface area contributed by atoms with E-state index in [0.717, 1.165) is 17.7 Å². The Bertz CT molecular complexity index is 478. The van der Waals surface area contributed by atoms with E-state index in [0.29, 0.717) is 5.92 Å². The Hall–Kier alpha value is -1.84. The van der Waals surface area contributed by atoms with E-state index < -0.39 is 18.3 Å². The highest BCUT2D eigenvalue weighted by molar-refractivity contribution is 6.01. The maximum absolute atomic E-state index is 11.6. The van der Waals surface area contributed by atoms with Crippen LogP contribution in [0.2, 0.25) is 0 Å². The summed E-state index contributed by atoms with van der Waals surface area (Å²) in [5, 5.41) is 11.3. The summed E-state index contributed by atoms with van der Waals surface area (Å²) in [6.07, 6.45) is 6.88. The summed E-state index contributed by atoms with van der Waals surface area (Å²) in [7, 11) is 0. The van der Waals surface area contributed by atoms with E-state index in [-0.39, 0.29) is 0 Å². The Balaban J connectivity index is 2.01. The van der Waals surface area contributed by atoms with Gasteiger partial charge in [-0.05, 0) is 24.0 Å². The highest BCUT2D eigenvalue weighted by Gasteiger charge is 2.16. The number of carbonyl (C=O) groups is 2. The van der Waals surface area contributed by atoms with Crippen LogP contribution in [0, 0.1) is 5.92 Å². The van der Waals surface area contributed by atoms with Gasteiger partial charge < -0.3 is 10.4 Å². The first-order valence-corrected chi connectivity index (χ1v) is 7.24. The molecule has 1 aliphatic rings. The molecule has 0 aromatic heterocycles. The van der Waals surface area contributed by atoms with Crippen molar-refractivity contribution in [2.45, 2.75) is 44.9 Å². The molecule has 4 heteroatoms. The van der Waals surface area contributed by atoms with Gasteiger partial charge >= 0.3 is 5.97 Å². The summed E-state index contributed by atoms with van der Waals surface area (Å²) < 4.78 is 0. The number of hydrogen-bond acceptors (Lipinski definition) is 2. The van der Waals surface area contributed by atoms with E-state index in [1.165, 1.54) is 32.1 Å². The van der Waals surface area contributed by atoms with E-state index in [1.807, 2.05) is 24.3 Å². The third-order valence-electron chi connectivity index (χ3n) is 3.84. The molecule has 1 aromatic rings. The van der Waals surface area contributed by atoms with Gasteiger partial charge in [0.1, 0.15) is 6.42 Å². The van der Waals surface area contributed by atoms with E-state index in [2.05, 4.69) is 5.32 Å². The Morgan fingerprint density at radius 3 is 2.55 bits per heavy atom. The molecule has 0 bridgehead atoms. The zero-order valence-electron chi connectivity index (χ0n) is 11.6. The van der Waals surface area contributed by atoms with Gasteiger partial charge in [-0.1, -0.05) is 50.3 Å². The highest BCUT2D eigenvalue weighted by atomic mass is 16.4. The van der Waals surface area contributed by atoms with Gasteiger partial charge in [0.2, 0.25) is 5.91 Å². The van der Waals surface area contributed by atoms with E-state index >= 15 is 0 Å². The quantitative estimate of drug-likeness (QED) is 0.811. The fraction of sp³-hybridized carbons (Fsp3) is 0.500. The largest absolute Gasteiger partial charge is 0.481 e. The number of amides is 1. The lowest BCUT2D eigenvalue weighted by atomic mass is 9.84. The molecule has 1 amide bonds. The monoisotopic (exact) mass is 275 g/mol. The van der Waals surface area contributed by atoms with Crippen LogP contribution in [0.1, 0.15) is 44.1 Å². The molecule has 0 atom stereocenters. The predicted octanol–water partition coefficient (Wildman–Crippen LogP) is 3.22. The lowest BCUT2D eigenvalue weighted by molar-refractivity contribution is -0.139. The molecule has 0 aliphatic heterocycles. The number of rotatable bonds is 5. The molecule has 108 valence electrons. The SMILES string of the molecule is O=C(O)CC(=O)Nc1ccccc1CC1CCCCC1. The predicted molar refractivity (Wildman–Crippen MR) is 77.6 cm³/mol. The summed E-state index contributed by atoms with van der Waals surface area (Å²) in [6.45, 7) is 0. The first-order chi connectivity index (χ1) is 9.65. The summed E-state index contributed by atoms with van der Waals surface area (Å²) >= 11 is 0. The maximum Gasteiger partial charge on any atom is 0.312 e. The second kappa shape index (κ2) is 7.08. The van der Waals surface area contributed by atoms with Gasteiger partial charge in [-0.2, -0.15) is 0 Å². The summed E-state index contributed by atoms with van der Waals surface area (Å²) in [5.41, 5.74) is 1.86. The average Bonchev–Trinajstić information content (AvgIpc) is 2.41. The van der Waals surface area contributed by atoms with E-state index in [1.54, 1.807) is 0 Å². The number of para-hydroxylation sites is 1. The molecule has 20 heavy (non-hydrogen) atoms. The molecule has 0 saturated heterocycles. The average molecular weight is 275 g/mol. The van der Waals surface area contributed by atoms with Crippen LogP contribution in [0.3, 0.4) is 0 Å². The van der Waals surface area contributed by atoms with Crippen molar-refractivity contribution in [2.75, 3.05) is 5.32 Å². The van der Waals surface area contributed by atoms with Crippen LogP contribution < -0.4 is 5.32 Å². The third kappa shape index (κ3) is 4.37. The third-order valence-corrected chi connectivity index (χ3v) is 3.84. The Morgan fingerprint density at radius 2 is 1.85 bits per heavy atom. The smallest absolute Gasteiger partial charge is 0.312 e. The number of hydrogen-bond donors (Lipinski definition) is 2. The van der Waals surface area contributed by atoms with E-state index in [9.17, 15) is 9.59 Å². The number of aliphatic carboxylic acids is 1. The lowest BCUT2D eigenvalue weighted by Crippen LogP contribution is -2.18. The molecule has 2 N–H and O–H groups in total. The molecule has 0 heterocycles. The minimum atomic E-state index is -1.10. The zero-order chi connectivity index (χ0) is 14.4. The zero-order valence-corrected chi connectivity index (χ0v) is 11.6. The standard InChI is InChI=1S/C16H21NO3/c18-15(11-16(19)20)17-14-9-5-4-8-13(14)10-12-6-2-1-3-7-12/h4-5,8-9,12H,1-3,6-7,10-11H2,(H,17,18)(H,19,20). The molecule has 0 radical (unpaired) electrons. The number of benzene rings is 1. The summed E-state index contributed by atoms with van der Waals surface area (Å²) in [6, 6.07) is 7.69. The maximum atomic E-state index is 11.6. The fourth-order valence-electron chi connectivity index (χ4n) is 2.85. The molecule has 1 aliphatic carbocycles. The topological polar surface area (TPSA) is 66.4 Å². The second-order valence-electron chi connectivity index (χ2n) is 5.48. The Labute approximate surface area is 119 Å². The van der Waals surface area contributed by atoms with Crippen molar-refractivity contribution >= 4 is 17.6 Å². The van der Waals surface area contributed by atoms with Gasteiger partial charge in [-0.25, -0.2) is 0 Å². The summed E-state index contributed by atoms with van der Waals surface area (Å²) in [5.74, 6) is -0.887. The van der Waals surface area contributed by atoms with Gasteiger partial charge in [-0.15, -0.1) is 0 Å². The fourth-order valence-corrected chi connectivity index (χ4v) is 2.85. The molecule has 0 unspecified atom stereocenters. The minimum absolute atomic E-state index is 0.464. The van der Waals surface area contributed by atoms with Crippen molar-refractivity contribution in [3.05, 3.63) is 29.8 Å². The van der Waals surface area contributed by atoms with Crippen LogP contribution >= 0.6 is 0 Å². The Morgan fingerprint density at radius 1 is 1.15 bits per heavy atom. The minimum Gasteiger partial charge on any atom is -0.481 e. The summed E-state index contributed by atoms with van der Waals surface area (Å²) in [4.78, 5) is 22.1. The number of carboxylic acid groups (broad SMARTS) is 1. The van der Waals surface area contributed by atoms with Crippen LogP contribution in [0.25, 0.3) is 0 Å². The first kappa shape index (κ1) is 14.6. The molecular formula is C16H21NO3. The van der Waals surface area contributed by atoms with Crippen LogP contribution in [0.15, 0.2) is 24.3 Å². The van der Waals surface area contributed by atoms with Crippen molar-refractivity contribution in [1.82, 2.24) is 0 Å². The van der Waals surface area contributed by atoms with Crippen molar-refractivity contribution in [3.8, 4) is 0 Å². The van der Waals surface area contributed by atoms with Crippen molar-refractivity contribution in [2.24, 2.45) is 5.92 Å². The molecule has 2 rings (SSSR count). The first-order valence-electron chi connectivity index (χ1n) is 7.24. The normalized spacial score (nSPS) is 15.8. The lowest BCUT2D eigenvalue weighted by Gasteiger charge is -2.22. The number of nitrogens with one attached hydrogen (secondary N) is 1.